The number of nitrogens with one attached hydrogen (secondary N) is 1. The summed E-state index contributed by atoms with van der Waals surface area (Å²) in [5, 5.41) is 3.34. The van der Waals surface area contributed by atoms with E-state index in [1.807, 2.05) is 6.33 Å². The smallest absolute Gasteiger partial charge is 0.0951 e. The first-order valence-corrected chi connectivity index (χ1v) is 5.93. The fourth-order valence-electron chi connectivity index (χ4n) is 1.60. The Morgan fingerprint density at radius 1 is 1.31 bits per heavy atom. The van der Waals surface area contributed by atoms with Crippen LogP contribution in [-0.2, 0) is 11.3 Å². The minimum absolute atomic E-state index is 0.791. The van der Waals surface area contributed by atoms with Crippen LogP contribution in [0.5, 0.6) is 0 Å². The lowest BCUT2D eigenvalue weighted by molar-refractivity contribution is 0.199. The molecule has 0 amide bonds. The molecule has 0 saturated carbocycles. The van der Waals surface area contributed by atoms with E-state index in [9.17, 15) is 0 Å². The van der Waals surface area contributed by atoms with Gasteiger partial charge in [0, 0.05) is 25.9 Å². The molecule has 0 radical (unpaired) electrons. The quantitative estimate of drug-likeness (QED) is 0.682. The van der Waals surface area contributed by atoms with Crippen LogP contribution >= 0.6 is 0 Å². The lowest BCUT2D eigenvalue weighted by Gasteiger charge is -2.06. The summed E-state index contributed by atoms with van der Waals surface area (Å²) in [5.74, 6) is 0. The molecule has 1 heterocycles. The van der Waals surface area contributed by atoms with Gasteiger partial charge < -0.3 is 14.6 Å². The normalized spacial score (nSPS) is 10.9. The molecule has 0 saturated heterocycles. The van der Waals surface area contributed by atoms with Crippen molar-refractivity contribution in [3.8, 4) is 0 Å². The molecule has 0 aliphatic carbocycles. The molecule has 0 spiro atoms. The first kappa shape index (κ1) is 13.2. The van der Waals surface area contributed by atoms with Crippen molar-refractivity contribution in [2.24, 2.45) is 0 Å². The minimum atomic E-state index is 0.791. The lowest BCUT2D eigenvalue weighted by atomic mass is 10.3. The molecule has 0 aliphatic heterocycles. The highest BCUT2D eigenvalue weighted by Crippen LogP contribution is 2.05. The SMILES string of the molecule is COCCNCCCCn1cnc(C)c1C. The summed E-state index contributed by atoms with van der Waals surface area (Å²) in [6.45, 7) is 8.05. The summed E-state index contributed by atoms with van der Waals surface area (Å²) in [7, 11) is 1.73. The minimum Gasteiger partial charge on any atom is -0.383 e. The zero-order valence-corrected chi connectivity index (χ0v) is 10.6. The number of hydrogen-bond donors (Lipinski definition) is 1. The van der Waals surface area contributed by atoms with E-state index < -0.39 is 0 Å². The van der Waals surface area contributed by atoms with Crippen LogP contribution in [0.4, 0.5) is 0 Å². The van der Waals surface area contributed by atoms with Gasteiger partial charge in [0.05, 0.1) is 18.6 Å². The van der Waals surface area contributed by atoms with Crippen LogP contribution < -0.4 is 5.32 Å². The van der Waals surface area contributed by atoms with Gasteiger partial charge in [-0.25, -0.2) is 4.98 Å². The second kappa shape index (κ2) is 7.41. The maximum Gasteiger partial charge on any atom is 0.0951 e. The fourth-order valence-corrected chi connectivity index (χ4v) is 1.60. The van der Waals surface area contributed by atoms with Crippen molar-refractivity contribution in [2.75, 3.05) is 26.8 Å². The summed E-state index contributed by atoms with van der Waals surface area (Å²) in [4.78, 5) is 4.29. The third-order valence-corrected chi connectivity index (χ3v) is 2.83. The predicted molar refractivity (Wildman–Crippen MR) is 65.7 cm³/mol. The zero-order valence-electron chi connectivity index (χ0n) is 10.6. The Morgan fingerprint density at radius 3 is 2.75 bits per heavy atom. The molecule has 4 heteroatoms. The van der Waals surface area contributed by atoms with Gasteiger partial charge in [0.1, 0.15) is 0 Å². The van der Waals surface area contributed by atoms with E-state index in [1.54, 1.807) is 7.11 Å². The van der Waals surface area contributed by atoms with Crippen molar-refractivity contribution in [1.82, 2.24) is 14.9 Å². The second-order valence-electron chi connectivity index (χ2n) is 4.06. The average molecular weight is 225 g/mol. The van der Waals surface area contributed by atoms with Gasteiger partial charge in [-0.15, -0.1) is 0 Å². The van der Waals surface area contributed by atoms with E-state index in [0.29, 0.717) is 0 Å². The van der Waals surface area contributed by atoms with Gasteiger partial charge in [0.25, 0.3) is 0 Å². The van der Waals surface area contributed by atoms with Crippen LogP contribution in [0.25, 0.3) is 0 Å². The van der Waals surface area contributed by atoms with Crippen LogP contribution in [0, 0.1) is 13.8 Å². The van der Waals surface area contributed by atoms with E-state index in [-0.39, 0.29) is 0 Å². The van der Waals surface area contributed by atoms with Crippen LogP contribution in [0.15, 0.2) is 6.33 Å². The molecule has 1 N–H and O–H groups in total. The Balaban J connectivity index is 2.05. The lowest BCUT2D eigenvalue weighted by Crippen LogP contribution is -2.20. The summed E-state index contributed by atoms with van der Waals surface area (Å²) in [6.07, 6.45) is 4.32. The second-order valence-corrected chi connectivity index (χ2v) is 4.06. The molecule has 0 unspecified atom stereocenters. The molecule has 16 heavy (non-hydrogen) atoms. The number of aromatic nitrogens is 2. The van der Waals surface area contributed by atoms with E-state index in [1.165, 1.54) is 18.5 Å². The third kappa shape index (κ3) is 4.33. The van der Waals surface area contributed by atoms with Gasteiger partial charge in [0.15, 0.2) is 0 Å². The standard InChI is InChI=1S/C12H23N3O/c1-11-12(2)15(10-14-11)8-5-4-6-13-7-9-16-3/h10,13H,4-9H2,1-3H3. The van der Waals surface area contributed by atoms with Gasteiger partial charge in [-0.1, -0.05) is 0 Å². The maximum atomic E-state index is 4.96. The highest BCUT2D eigenvalue weighted by atomic mass is 16.5. The van der Waals surface area contributed by atoms with Crippen molar-refractivity contribution in [1.29, 1.82) is 0 Å². The molecule has 0 aromatic carbocycles. The fraction of sp³-hybridized carbons (Fsp3) is 0.750. The highest BCUT2D eigenvalue weighted by molar-refractivity contribution is 5.08. The monoisotopic (exact) mass is 225 g/mol. The Bertz CT molecular complexity index is 296. The summed E-state index contributed by atoms with van der Waals surface area (Å²) in [5.41, 5.74) is 2.42. The largest absolute Gasteiger partial charge is 0.383 e. The Labute approximate surface area is 98.0 Å². The molecular formula is C12H23N3O. The van der Waals surface area contributed by atoms with Gasteiger partial charge in [-0.05, 0) is 33.2 Å². The molecular weight excluding hydrogens is 202 g/mol. The van der Waals surface area contributed by atoms with E-state index in [4.69, 9.17) is 4.74 Å². The summed E-state index contributed by atoms with van der Waals surface area (Å²) >= 11 is 0. The van der Waals surface area contributed by atoms with Crippen LogP contribution in [-0.4, -0.2) is 36.4 Å². The number of nitrogens with zero attached hydrogens (tertiary/aromatic N) is 2. The molecule has 4 nitrogen and oxygen atoms in total. The number of unbranched alkanes of at least 4 members (excludes halogenated alkanes) is 1. The highest BCUT2D eigenvalue weighted by Gasteiger charge is 2.00. The molecule has 1 rings (SSSR count). The van der Waals surface area contributed by atoms with E-state index in [0.717, 1.165) is 31.9 Å². The van der Waals surface area contributed by atoms with Gasteiger partial charge >= 0.3 is 0 Å². The van der Waals surface area contributed by atoms with Crippen LogP contribution in [0.2, 0.25) is 0 Å². The first-order chi connectivity index (χ1) is 7.75. The number of rotatable bonds is 8. The topological polar surface area (TPSA) is 39.1 Å². The number of ether oxygens (including phenoxy) is 1. The molecule has 0 aliphatic rings. The first-order valence-electron chi connectivity index (χ1n) is 5.93. The van der Waals surface area contributed by atoms with Crippen LogP contribution in [0.1, 0.15) is 24.2 Å². The van der Waals surface area contributed by atoms with E-state index >= 15 is 0 Å². The Kier molecular flexibility index (Phi) is 6.11. The van der Waals surface area contributed by atoms with Crippen molar-refractivity contribution < 1.29 is 4.74 Å². The number of imidazole rings is 1. The zero-order chi connectivity index (χ0) is 11.8. The van der Waals surface area contributed by atoms with Crippen molar-refractivity contribution in [2.45, 2.75) is 33.2 Å². The number of hydrogen-bond acceptors (Lipinski definition) is 3. The van der Waals surface area contributed by atoms with Crippen molar-refractivity contribution in [3.63, 3.8) is 0 Å². The summed E-state index contributed by atoms with van der Waals surface area (Å²) in [6, 6.07) is 0. The summed E-state index contributed by atoms with van der Waals surface area (Å²) < 4.78 is 7.19. The van der Waals surface area contributed by atoms with Gasteiger partial charge in [0.2, 0.25) is 0 Å². The Morgan fingerprint density at radius 2 is 2.12 bits per heavy atom. The van der Waals surface area contributed by atoms with Gasteiger partial charge in [-0.2, -0.15) is 0 Å². The molecule has 92 valence electrons. The molecule has 0 bridgehead atoms. The van der Waals surface area contributed by atoms with Gasteiger partial charge in [-0.3, -0.25) is 0 Å². The number of aryl methyl sites for hydroxylation is 2. The maximum absolute atomic E-state index is 4.96. The van der Waals surface area contributed by atoms with Crippen LogP contribution in [0.3, 0.4) is 0 Å². The van der Waals surface area contributed by atoms with Crippen molar-refractivity contribution >= 4 is 0 Å². The molecule has 0 fully saturated rings. The number of methoxy groups -OCH3 is 1. The molecule has 1 aromatic heterocycles. The molecule has 1 aromatic rings. The van der Waals surface area contributed by atoms with E-state index in [2.05, 4.69) is 28.7 Å². The third-order valence-electron chi connectivity index (χ3n) is 2.83. The van der Waals surface area contributed by atoms with Crippen molar-refractivity contribution in [3.05, 3.63) is 17.7 Å². The predicted octanol–water partition coefficient (Wildman–Crippen LogP) is 1.52. The molecule has 0 atom stereocenters. The Hall–Kier alpha value is -0.870. The average Bonchev–Trinajstić information content (AvgIpc) is 2.59.